The van der Waals surface area contributed by atoms with Crippen LogP contribution >= 0.6 is 0 Å². The zero-order valence-corrected chi connectivity index (χ0v) is 28.3. The van der Waals surface area contributed by atoms with Gasteiger partial charge >= 0.3 is 0 Å². The van der Waals surface area contributed by atoms with Gasteiger partial charge in [-0.15, -0.1) is 53.6 Å². The maximum atomic E-state index is 13.5. The molecule has 7 heteroatoms. The molecule has 0 atom stereocenters. The van der Waals surface area contributed by atoms with E-state index in [9.17, 15) is 4.39 Å². The Bertz CT molecular complexity index is 2100. The minimum absolute atomic E-state index is 0. The number of furan rings is 1. The van der Waals surface area contributed by atoms with Gasteiger partial charge in [-0.05, 0) is 46.5 Å². The molecular weight excluding hydrogens is 730 g/mol. The third kappa shape index (κ3) is 7.18. The predicted molar refractivity (Wildman–Crippen MR) is 173 cm³/mol. The normalized spacial score (nSPS) is 14.3. The van der Waals surface area contributed by atoms with Gasteiger partial charge in [-0.3, -0.25) is 0 Å². The van der Waals surface area contributed by atoms with E-state index in [0.717, 1.165) is 28.0 Å². The first-order valence-electron chi connectivity index (χ1n) is 16.6. The third-order valence-electron chi connectivity index (χ3n) is 6.94. The second kappa shape index (κ2) is 12.6. The van der Waals surface area contributed by atoms with Crippen LogP contribution < -0.4 is 5.19 Å². The summed E-state index contributed by atoms with van der Waals surface area (Å²) in [6, 6.07) is 21.4. The van der Waals surface area contributed by atoms with E-state index in [0.29, 0.717) is 33.5 Å². The van der Waals surface area contributed by atoms with E-state index in [2.05, 4.69) is 67.5 Å². The number of nitrogens with zero attached hydrogens (tertiary/aromatic N) is 3. The smallest absolute Gasteiger partial charge is 0.216 e. The van der Waals surface area contributed by atoms with E-state index in [4.69, 9.17) is 12.6 Å². The Morgan fingerprint density at radius 2 is 1.70 bits per heavy atom. The number of hydrogen-bond donors (Lipinski definition) is 0. The summed E-state index contributed by atoms with van der Waals surface area (Å²) in [4.78, 5) is 12.9. The molecule has 0 unspecified atom stereocenters. The number of benzene rings is 2. The summed E-state index contributed by atoms with van der Waals surface area (Å²) < 4.78 is 65.0. The third-order valence-corrected chi connectivity index (χ3v) is 8.95. The SMILES string of the molecule is CC(C)(C)c1ccnc(-c2[c-]ccc3c2oc2ncc(F)cc23)c1.[2H]C([2H])([2H])c1c[c-]c(-c2cc(C([2H])([2H])[2H])c([Si](C)(C)C)cn2)cc1.[Ir]. The van der Waals surface area contributed by atoms with Gasteiger partial charge in [0.15, 0.2) is 0 Å². The van der Waals surface area contributed by atoms with Gasteiger partial charge in [0.05, 0.1) is 19.9 Å². The number of aryl methyl sites for hydroxylation is 2. The first kappa shape index (κ1) is 24.9. The maximum Gasteiger partial charge on any atom is 0.216 e. The summed E-state index contributed by atoms with van der Waals surface area (Å²) in [6.45, 7) is 8.31. The van der Waals surface area contributed by atoms with Crippen molar-refractivity contribution < 1.29 is 37.1 Å². The Labute approximate surface area is 276 Å². The molecule has 0 aliphatic rings. The number of aromatic nitrogens is 3. The van der Waals surface area contributed by atoms with E-state index < -0.39 is 21.8 Å². The number of fused-ring (bicyclic) bond motifs is 3. The molecule has 223 valence electrons. The van der Waals surface area contributed by atoms with Crippen LogP contribution in [0.15, 0.2) is 77.6 Å². The quantitative estimate of drug-likeness (QED) is 0.133. The van der Waals surface area contributed by atoms with Crippen LogP contribution in [0.2, 0.25) is 19.6 Å². The fraction of sp³-hybridized carbons (Fsp3) is 0.250. The largest absolute Gasteiger partial charge is 0.486 e. The summed E-state index contributed by atoms with van der Waals surface area (Å²) in [5.74, 6) is -0.382. The average molecular weight is 772 g/mol. The van der Waals surface area contributed by atoms with Gasteiger partial charge in [0.1, 0.15) is 5.82 Å². The standard InChI is InChI=1S/C20H16FN2O.C16H20NSi.Ir/c1-20(2,3)12-7-8-22-17(9-12)15-6-4-5-14-16-10-13(21)11-23-19(16)24-18(14)15;1-12-6-8-14(9-7-12)15-10-13(2)16(11-17-15)18(3,4)5;/h4-5,7-11H,1-3H3;6-8,10-11H,1-5H3;/q2*-1;/i;1D3,2D3;. The van der Waals surface area contributed by atoms with Gasteiger partial charge in [0, 0.05) is 46.1 Å². The first-order valence-corrected chi connectivity index (χ1v) is 17.1. The van der Waals surface area contributed by atoms with Crippen molar-refractivity contribution >= 4 is 35.3 Å². The van der Waals surface area contributed by atoms with Crippen molar-refractivity contribution in [1.82, 2.24) is 15.0 Å². The molecule has 0 saturated carbocycles. The molecule has 6 rings (SSSR count). The van der Waals surface area contributed by atoms with Crippen LogP contribution in [0.25, 0.3) is 44.6 Å². The first-order chi connectivity index (χ1) is 22.2. The minimum atomic E-state index is -2.22. The number of rotatable bonds is 3. The van der Waals surface area contributed by atoms with E-state index in [1.165, 1.54) is 23.8 Å². The zero-order chi connectivity index (χ0) is 35.2. The van der Waals surface area contributed by atoms with E-state index >= 15 is 0 Å². The van der Waals surface area contributed by atoms with Crippen LogP contribution in [-0.4, -0.2) is 23.0 Å². The van der Waals surface area contributed by atoms with Crippen LogP contribution in [0, 0.1) is 31.7 Å². The second-order valence-electron chi connectivity index (χ2n) is 12.2. The predicted octanol–water partition coefficient (Wildman–Crippen LogP) is 8.99. The Balaban J connectivity index is 0.000000216. The molecule has 0 saturated heterocycles. The van der Waals surface area contributed by atoms with Crippen LogP contribution in [0.3, 0.4) is 0 Å². The minimum Gasteiger partial charge on any atom is -0.486 e. The number of hydrogen-bond acceptors (Lipinski definition) is 4. The van der Waals surface area contributed by atoms with Crippen molar-refractivity contribution in [3.05, 3.63) is 108 Å². The molecule has 0 bridgehead atoms. The van der Waals surface area contributed by atoms with Crippen molar-refractivity contribution in [2.45, 2.75) is 59.5 Å². The van der Waals surface area contributed by atoms with Crippen molar-refractivity contribution in [3.63, 3.8) is 0 Å². The molecule has 0 aliphatic carbocycles. The van der Waals surface area contributed by atoms with E-state index in [-0.39, 0.29) is 36.9 Å². The van der Waals surface area contributed by atoms with Crippen LogP contribution in [-0.2, 0) is 25.5 Å². The summed E-state index contributed by atoms with van der Waals surface area (Å²) >= 11 is 0. The summed E-state index contributed by atoms with van der Waals surface area (Å²) in [5, 5.41) is 2.28. The van der Waals surface area contributed by atoms with Gasteiger partial charge in [0.25, 0.3) is 0 Å². The summed E-state index contributed by atoms with van der Waals surface area (Å²) in [5.41, 5.74) is 5.37. The molecule has 0 amide bonds. The number of pyridine rings is 3. The molecule has 6 aromatic rings. The number of halogens is 1. The topological polar surface area (TPSA) is 51.8 Å². The van der Waals surface area contributed by atoms with Gasteiger partial charge in [-0.25, -0.2) is 9.37 Å². The molecular formula is C36H36FIrN3OSi-2. The van der Waals surface area contributed by atoms with Crippen LogP contribution in [0.5, 0.6) is 0 Å². The maximum absolute atomic E-state index is 13.5. The van der Waals surface area contributed by atoms with Crippen molar-refractivity contribution in [2.75, 3.05) is 0 Å². The second-order valence-corrected chi connectivity index (χ2v) is 17.3. The molecule has 4 heterocycles. The van der Waals surface area contributed by atoms with Gasteiger partial charge in [0.2, 0.25) is 5.71 Å². The van der Waals surface area contributed by atoms with E-state index in [1.807, 2.05) is 24.3 Å². The monoisotopic (exact) mass is 772 g/mol. The van der Waals surface area contributed by atoms with Crippen LogP contribution in [0.4, 0.5) is 4.39 Å². The Kier molecular flexibility index (Phi) is 7.30. The molecule has 0 spiro atoms. The van der Waals surface area contributed by atoms with Crippen molar-refractivity contribution in [1.29, 1.82) is 0 Å². The fourth-order valence-corrected chi connectivity index (χ4v) is 5.94. The van der Waals surface area contributed by atoms with E-state index in [1.54, 1.807) is 24.5 Å². The zero-order valence-electron chi connectivity index (χ0n) is 30.9. The van der Waals surface area contributed by atoms with Crippen molar-refractivity contribution in [3.8, 4) is 22.5 Å². The average Bonchev–Trinajstić information content (AvgIpc) is 3.37. The summed E-state index contributed by atoms with van der Waals surface area (Å²) in [6.07, 6.45) is 4.60. The fourth-order valence-electron chi connectivity index (χ4n) is 4.61. The molecule has 0 aliphatic heterocycles. The van der Waals surface area contributed by atoms with Gasteiger partial charge in [-0.2, -0.15) is 0 Å². The Morgan fingerprint density at radius 3 is 2.37 bits per heavy atom. The van der Waals surface area contributed by atoms with Gasteiger partial charge < -0.3 is 14.4 Å². The Hall–Kier alpha value is -3.51. The molecule has 43 heavy (non-hydrogen) atoms. The molecule has 2 aromatic carbocycles. The molecule has 1 radical (unpaired) electrons. The molecule has 0 fully saturated rings. The van der Waals surface area contributed by atoms with Crippen LogP contribution in [0.1, 0.15) is 45.7 Å². The molecule has 0 N–H and O–H groups in total. The summed E-state index contributed by atoms with van der Waals surface area (Å²) in [7, 11) is -1.85. The Morgan fingerprint density at radius 1 is 0.884 bits per heavy atom. The molecule has 4 aromatic heterocycles. The molecule has 4 nitrogen and oxygen atoms in total. The van der Waals surface area contributed by atoms with Crippen molar-refractivity contribution in [2.24, 2.45) is 0 Å². The van der Waals surface area contributed by atoms with Gasteiger partial charge in [-0.1, -0.05) is 75.9 Å².